The van der Waals surface area contributed by atoms with Gasteiger partial charge in [-0.25, -0.2) is 0 Å². The van der Waals surface area contributed by atoms with Crippen molar-refractivity contribution in [2.45, 2.75) is 38.7 Å². The largest absolute Gasteiger partial charge is 0.391 e. The third kappa shape index (κ3) is 2.21. The number of hydrogen-bond donors (Lipinski definition) is 0. The van der Waals surface area contributed by atoms with Crippen molar-refractivity contribution in [1.82, 2.24) is 0 Å². The molecule has 1 heterocycles. The Labute approximate surface area is 103 Å². The standard InChI is InChI=1S/C15H19NO/c1-11-7-8-14-13(9-11)15(17-16-14)10-12-5-3-2-4-6-12/h2-6,11,13,15H,7-10H2,1H3. The van der Waals surface area contributed by atoms with E-state index in [9.17, 15) is 0 Å². The van der Waals surface area contributed by atoms with Gasteiger partial charge in [0.05, 0.1) is 5.71 Å². The minimum Gasteiger partial charge on any atom is -0.391 e. The molecule has 1 fully saturated rings. The van der Waals surface area contributed by atoms with E-state index >= 15 is 0 Å². The molecule has 0 amide bonds. The maximum atomic E-state index is 5.64. The van der Waals surface area contributed by atoms with Crippen LogP contribution in [0.25, 0.3) is 0 Å². The minimum absolute atomic E-state index is 0.273. The number of nitrogens with zero attached hydrogens (tertiary/aromatic N) is 1. The molecular weight excluding hydrogens is 210 g/mol. The van der Waals surface area contributed by atoms with Gasteiger partial charge in [0, 0.05) is 12.3 Å². The molecule has 2 aliphatic rings. The molecule has 0 bridgehead atoms. The molecule has 2 nitrogen and oxygen atoms in total. The summed E-state index contributed by atoms with van der Waals surface area (Å²) in [5, 5.41) is 4.29. The van der Waals surface area contributed by atoms with Crippen LogP contribution in [-0.2, 0) is 11.3 Å². The van der Waals surface area contributed by atoms with Gasteiger partial charge in [-0.15, -0.1) is 0 Å². The zero-order valence-electron chi connectivity index (χ0n) is 10.3. The summed E-state index contributed by atoms with van der Waals surface area (Å²) in [6.07, 6.45) is 4.92. The molecule has 2 heteroatoms. The summed E-state index contributed by atoms with van der Waals surface area (Å²) in [6.45, 7) is 2.34. The van der Waals surface area contributed by atoms with E-state index in [1.165, 1.54) is 24.1 Å². The molecule has 0 spiro atoms. The van der Waals surface area contributed by atoms with Gasteiger partial charge in [-0.05, 0) is 30.7 Å². The summed E-state index contributed by atoms with van der Waals surface area (Å²) < 4.78 is 0. The van der Waals surface area contributed by atoms with Gasteiger partial charge in [-0.3, -0.25) is 0 Å². The van der Waals surface area contributed by atoms with Crippen molar-refractivity contribution >= 4 is 5.71 Å². The van der Waals surface area contributed by atoms with Gasteiger partial charge in [-0.1, -0.05) is 42.4 Å². The van der Waals surface area contributed by atoms with Crippen LogP contribution in [-0.4, -0.2) is 11.8 Å². The lowest BCUT2D eigenvalue weighted by atomic mass is 9.77. The quantitative estimate of drug-likeness (QED) is 0.761. The van der Waals surface area contributed by atoms with Gasteiger partial charge < -0.3 is 4.84 Å². The van der Waals surface area contributed by atoms with Crippen molar-refractivity contribution in [1.29, 1.82) is 0 Å². The van der Waals surface area contributed by atoms with Gasteiger partial charge in [0.15, 0.2) is 0 Å². The van der Waals surface area contributed by atoms with E-state index in [2.05, 4.69) is 42.4 Å². The maximum Gasteiger partial charge on any atom is 0.139 e. The summed E-state index contributed by atoms with van der Waals surface area (Å²) in [4.78, 5) is 5.64. The highest BCUT2D eigenvalue weighted by atomic mass is 16.6. The Morgan fingerprint density at radius 3 is 2.94 bits per heavy atom. The Morgan fingerprint density at radius 1 is 1.29 bits per heavy atom. The second kappa shape index (κ2) is 4.52. The average molecular weight is 229 g/mol. The van der Waals surface area contributed by atoms with E-state index < -0.39 is 0 Å². The first-order chi connectivity index (χ1) is 8.33. The lowest BCUT2D eigenvalue weighted by Gasteiger charge is -2.26. The number of fused-ring (bicyclic) bond motifs is 1. The third-order valence-electron chi connectivity index (χ3n) is 4.01. The smallest absolute Gasteiger partial charge is 0.139 e. The summed E-state index contributed by atoms with van der Waals surface area (Å²) in [7, 11) is 0. The maximum absolute atomic E-state index is 5.64. The molecule has 0 N–H and O–H groups in total. The molecule has 0 radical (unpaired) electrons. The van der Waals surface area contributed by atoms with E-state index in [1.54, 1.807) is 0 Å². The number of hydrogen-bond acceptors (Lipinski definition) is 2. The topological polar surface area (TPSA) is 21.6 Å². The molecular formula is C15H19NO. The monoisotopic (exact) mass is 229 g/mol. The van der Waals surface area contributed by atoms with Crippen molar-refractivity contribution in [3.8, 4) is 0 Å². The molecule has 0 aromatic heterocycles. The fourth-order valence-corrected chi connectivity index (χ4v) is 2.98. The first kappa shape index (κ1) is 10.8. The zero-order chi connectivity index (χ0) is 11.7. The van der Waals surface area contributed by atoms with Crippen LogP contribution >= 0.6 is 0 Å². The molecule has 90 valence electrons. The van der Waals surface area contributed by atoms with Crippen molar-refractivity contribution in [2.75, 3.05) is 0 Å². The van der Waals surface area contributed by atoms with Gasteiger partial charge in [0.1, 0.15) is 6.10 Å². The van der Waals surface area contributed by atoms with Gasteiger partial charge in [-0.2, -0.15) is 0 Å². The van der Waals surface area contributed by atoms with Crippen LogP contribution in [0.4, 0.5) is 0 Å². The highest BCUT2D eigenvalue weighted by molar-refractivity contribution is 5.88. The van der Waals surface area contributed by atoms with E-state index in [-0.39, 0.29) is 6.10 Å². The fraction of sp³-hybridized carbons (Fsp3) is 0.533. The van der Waals surface area contributed by atoms with Crippen LogP contribution in [0.3, 0.4) is 0 Å². The Bertz CT molecular complexity index is 412. The third-order valence-corrected chi connectivity index (χ3v) is 4.01. The highest BCUT2D eigenvalue weighted by Crippen LogP contribution is 2.35. The van der Waals surface area contributed by atoms with Gasteiger partial charge in [0.25, 0.3) is 0 Å². The lowest BCUT2D eigenvalue weighted by molar-refractivity contribution is 0.0563. The first-order valence-corrected chi connectivity index (χ1v) is 6.59. The summed E-state index contributed by atoms with van der Waals surface area (Å²) in [5.74, 6) is 1.39. The van der Waals surface area contributed by atoms with E-state index in [1.807, 2.05) is 0 Å². The number of oxime groups is 1. The Hall–Kier alpha value is -1.31. The summed E-state index contributed by atoms with van der Waals surface area (Å²) >= 11 is 0. The Morgan fingerprint density at radius 2 is 2.12 bits per heavy atom. The molecule has 1 saturated carbocycles. The molecule has 3 rings (SSSR count). The van der Waals surface area contributed by atoms with Crippen LogP contribution in [0.2, 0.25) is 0 Å². The van der Waals surface area contributed by atoms with Gasteiger partial charge >= 0.3 is 0 Å². The van der Waals surface area contributed by atoms with Crippen LogP contribution in [0.1, 0.15) is 31.7 Å². The van der Waals surface area contributed by atoms with Crippen molar-refractivity contribution in [2.24, 2.45) is 17.0 Å². The lowest BCUT2D eigenvalue weighted by Crippen LogP contribution is -2.30. The Kier molecular flexibility index (Phi) is 2.87. The predicted octanol–water partition coefficient (Wildman–Crippen LogP) is 3.42. The second-order valence-corrected chi connectivity index (χ2v) is 5.40. The average Bonchev–Trinajstić information content (AvgIpc) is 2.73. The molecule has 1 aliphatic carbocycles. The summed E-state index contributed by atoms with van der Waals surface area (Å²) in [5.41, 5.74) is 2.66. The molecule has 1 aromatic carbocycles. The van der Waals surface area contributed by atoms with E-state index in [0.717, 1.165) is 18.8 Å². The summed E-state index contributed by atoms with van der Waals surface area (Å²) in [6, 6.07) is 10.6. The predicted molar refractivity (Wildman–Crippen MR) is 69.0 cm³/mol. The molecule has 17 heavy (non-hydrogen) atoms. The van der Waals surface area contributed by atoms with Crippen molar-refractivity contribution < 1.29 is 4.84 Å². The molecule has 3 unspecified atom stereocenters. The second-order valence-electron chi connectivity index (χ2n) is 5.40. The fourth-order valence-electron chi connectivity index (χ4n) is 2.98. The highest BCUT2D eigenvalue weighted by Gasteiger charge is 2.37. The van der Waals surface area contributed by atoms with Crippen LogP contribution in [0.5, 0.6) is 0 Å². The van der Waals surface area contributed by atoms with Crippen LogP contribution in [0, 0.1) is 11.8 Å². The van der Waals surface area contributed by atoms with Gasteiger partial charge in [0.2, 0.25) is 0 Å². The van der Waals surface area contributed by atoms with Crippen molar-refractivity contribution in [3.05, 3.63) is 35.9 Å². The molecule has 1 aliphatic heterocycles. The SMILES string of the molecule is CC1CCC2=NOC(Cc3ccccc3)C2C1. The van der Waals surface area contributed by atoms with E-state index in [4.69, 9.17) is 4.84 Å². The Balaban J connectivity index is 1.70. The van der Waals surface area contributed by atoms with Crippen LogP contribution in [0.15, 0.2) is 35.5 Å². The van der Waals surface area contributed by atoms with Crippen LogP contribution < -0.4 is 0 Å². The number of benzene rings is 1. The zero-order valence-corrected chi connectivity index (χ0v) is 10.3. The number of rotatable bonds is 2. The first-order valence-electron chi connectivity index (χ1n) is 6.59. The minimum atomic E-state index is 0.273. The molecule has 0 saturated heterocycles. The molecule has 1 aromatic rings. The molecule has 3 atom stereocenters. The van der Waals surface area contributed by atoms with E-state index in [0.29, 0.717) is 5.92 Å². The normalized spacial score (nSPS) is 31.6. The van der Waals surface area contributed by atoms with Crippen molar-refractivity contribution in [3.63, 3.8) is 0 Å².